The minimum Gasteiger partial charge on any atom is -0.386 e. The summed E-state index contributed by atoms with van der Waals surface area (Å²) in [6.45, 7) is 5.29. The predicted octanol–water partition coefficient (Wildman–Crippen LogP) is 3.75. The summed E-state index contributed by atoms with van der Waals surface area (Å²) in [5, 5.41) is 10.4. The number of likely N-dealkylation sites (tertiary alicyclic amines) is 1. The van der Waals surface area contributed by atoms with E-state index in [1.807, 2.05) is 13.8 Å². The van der Waals surface area contributed by atoms with Gasteiger partial charge in [0.2, 0.25) is 0 Å². The molecule has 118 valence electrons. The molecule has 1 saturated heterocycles. The molecule has 0 aromatic heterocycles. The van der Waals surface area contributed by atoms with E-state index in [1.165, 1.54) is 0 Å². The lowest BCUT2D eigenvalue weighted by molar-refractivity contribution is -0.140. The van der Waals surface area contributed by atoms with Gasteiger partial charge in [-0.05, 0) is 57.5 Å². The van der Waals surface area contributed by atoms with Crippen LogP contribution in [0.4, 0.5) is 17.6 Å². The van der Waals surface area contributed by atoms with Crippen molar-refractivity contribution in [3.63, 3.8) is 0 Å². The molecule has 0 radical (unpaired) electrons. The lowest BCUT2D eigenvalue weighted by Gasteiger charge is -2.39. The molecule has 2 nitrogen and oxygen atoms in total. The summed E-state index contributed by atoms with van der Waals surface area (Å²) in [7, 11) is 0. The molecule has 1 fully saturated rings. The fourth-order valence-electron chi connectivity index (χ4n) is 2.81. The van der Waals surface area contributed by atoms with Crippen molar-refractivity contribution in [2.75, 3.05) is 13.1 Å². The van der Waals surface area contributed by atoms with Crippen LogP contribution in [0.3, 0.4) is 0 Å². The Balaban J connectivity index is 2.27. The third kappa shape index (κ3) is 3.21. The zero-order valence-electron chi connectivity index (χ0n) is 12.0. The van der Waals surface area contributed by atoms with Crippen LogP contribution in [0, 0.1) is 5.82 Å². The molecule has 0 amide bonds. The van der Waals surface area contributed by atoms with Crippen molar-refractivity contribution >= 4 is 0 Å². The number of rotatable bonds is 3. The van der Waals surface area contributed by atoms with E-state index in [2.05, 4.69) is 4.90 Å². The summed E-state index contributed by atoms with van der Waals surface area (Å²) in [6.07, 6.45) is -3.72. The zero-order chi connectivity index (χ0) is 15.8. The molecule has 0 aliphatic carbocycles. The van der Waals surface area contributed by atoms with Crippen molar-refractivity contribution in [1.82, 2.24) is 4.90 Å². The Bertz CT molecular complexity index is 507. The molecule has 1 heterocycles. The average molecular weight is 305 g/mol. The Morgan fingerprint density at radius 1 is 1.14 bits per heavy atom. The molecule has 1 aliphatic rings. The maximum absolute atomic E-state index is 13.6. The second-order valence-electron chi connectivity index (χ2n) is 5.99. The number of hydrogen-bond acceptors (Lipinski definition) is 2. The van der Waals surface area contributed by atoms with E-state index < -0.39 is 29.2 Å². The molecular weight excluding hydrogens is 286 g/mol. The summed E-state index contributed by atoms with van der Waals surface area (Å²) in [5.41, 5.74) is -1.79. The van der Waals surface area contributed by atoms with Crippen molar-refractivity contribution in [3.8, 4) is 0 Å². The molecule has 1 N–H and O–H groups in total. The van der Waals surface area contributed by atoms with Gasteiger partial charge in [0.25, 0.3) is 0 Å². The Morgan fingerprint density at radius 2 is 1.71 bits per heavy atom. The van der Waals surface area contributed by atoms with Crippen molar-refractivity contribution in [2.45, 2.75) is 44.5 Å². The summed E-state index contributed by atoms with van der Waals surface area (Å²) in [5.74, 6) is -1.35. The van der Waals surface area contributed by atoms with Gasteiger partial charge in [0.05, 0.1) is 11.7 Å². The van der Waals surface area contributed by atoms with Crippen molar-refractivity contribution in [2.24, 2.45) is 0 Å². The van der Waals surface area contributed by atoms with Crippen molar-refractivity contribution in [3.05, 3.63) is 35.1 Å². The number of aliphatic hydroxyl groups excluding tert-OH is 1. The molecule has 1 aromatic carbocycles. The van der Waals surface area contributed by atoms with Gasteiger partial charge >= 0.3 is 6.18 Å². The highest BCUT2D eigenvalue weighted by atomic mass is 19.4. The molecule has 21 heavy (non-hydrogen) atoms. The van der Waals surface area contributed by atoms with E-state index in [4.69, 9.17) is 0 Å². The molecule has 0 spiro atoms. The minimum absolute atomic E-state index is 0.164. The van der Waals surface area contributed by atoms with Gasteiger partial charge in [-0.15, -0.1) is 0 Å². The Kier molecular flexibility index (Phi) is 4.31. The molecule has 1 atom stereocenters. The van der Waals surface area contributed by atoms with Gasteiger partial charge in [-0.25, -0.2) is 4.39 Å². The largest absolute Gasteiger partial charge is 0.419 e. The molecule has 0 bridgehead atoms. The fourth-order valence-corrected chi connectivity index (χ4v) is 2.81. The first-order valence-corrected chi connectivity index (χ1v) is 6.94. The zero-order valence-corrected chi connectivity index (χ0v) is 12.0. The first-order valence-electron chi connectivity index (χ1n) is 6.94. The Labute approximate surface area is 121 Å². The van der Waals surface area contributed by atoms with Gasteiger partial charge in [-0.3, -0.25) is 4.90 Å². The topological polar surface area (TPSA) is 23.5 Å². The van der Waals surface area contributed by atoms with Crippen LogP contribution in [0.2, 0.25) is 0 Å². The summed E-state index contributed by atoms with van der Waals surface area (Å²) < 4.78 is 51.3. The Hall–Kier alpha value is -1.14. The van der Waals surface area contributed by atoms with Crippen LogP contribution in [-0.2, 0) is 6.18 Å². The highest BCUT2D eigenvalue weighted by Gasteiger charge is 2.38. The van der Waals surface area contributed by atoms with Gasteiger partial charge in [0.15, 0.2) is 0 Å². The smallest absolute Gasteiger partial charge is 0.386 e. The molecule has 1 aromatic rings. The van der Waals surface area contributed by atoms with Crippen LogP contribution >= 0.6 is 0 Å². The maximum atomic E-state index is 13.6. The number of nitrogens with zero attached hydrogens (tertiary/aromatic N) is 1. The normalized spacial score (nSPS) is 19.0. The second-order valence-corrected chi connectivity index (χ2v) is 5.99. The predicted molar refractivity (Wildman–Crippen MR) is 71.2 cm³/mol. The first kappa shape index (κ1) is 16.2. The van der Waals surface area contributed by atoms with Gasteiger partial charge in [0.1, 0.15) is 5.82 Å². The van der Waals surface area contributed by atoms with E-state index in [0.717, 1.165) is 38.1 Å². The number of aliphatic hydroxyl groups is 1. The summed E-state index contributed by atoms with van der Waals surface area (Å²) in [4.78, 5) is 2.08. The van der Waals surface area contributed by atoms with E-state index in [0.29, 0.717) is 6.07 Å². The molecule has 1 unspecified atom stereocenters. The van der Waals surface area contributed by atoms with E-state index in [9.17, 15) is 22.7 Å². The second kappa shape index (κ2) is 5.57. The van der Waals surface area contributed by atoms with Gasteiger partial charge < -0.3 is 5.11 Å². The number of hydrogen-bond donors (Lipinski definition) is 1. The summed E-state index contributed by atoms with van der Waals surface area (Å²) >= 11 is 0. The third-order valence-electron chi connectivity index (χ3n) is 4.20. The van der Waals surface area contributed by atoms with E-state index in [-0.39, 0.29) is 5.56 Å². The minimum atomic E-state index is -4.72. The van der Waals surface area contributed by atoms with Crippen molar-refractivity contribution < 1.29 is 22.7 Å². The summed E-state index contributed by atoms with van der Waals surface area (Å²) in [6, 6.07) is 2.62. The highest BCUT2D eigenvalue weighted by molar-refractivity contribution is 5.29. The average Bonchev–Trinajstić information content (AvgIpc) is 2.90. The third-order valence-corrected chi connectivity index (χ3v) is 4.20. The molecule has 0 saturated carbocycles. The first-order chi connectivity index (χ1) is 9.64. The number of benzene rings is 1. The van der Waals surface area contributed by atoms with Crippen LogP contribution in [0.15, 0.2) is 18.2 Å². The molecule has 6 heteroatoms. The highest BCUT2D eigenvalue weighted by Crippen LogP contribution is 2.36. The van der Waals surface area contributed by atoms with Gasteiger partial charge in [-0.2, -0.15) is 13.2 Å². The SMILES string of the molecule is CC(C)(C(O)c1ccc(C(F)(F)F)c(F)c1)N1CCCC1. The monoisotopic (exact) mass is 305 g/mol. The number of alkyl halides is 3. The lowest BCUT2D eigenvalue weighted by Crippen LogP contribution is -2.46. The Morgan fingerprint density at radius 3 is 2.19 bits per heavy atom. The quantitative estimate of drug-likeness (QED) is 0.860. The van der Waals surface area contributed by atoms with Crippen LogP contribution in [0.1, 0.15) is 43.9 Å². The van der Waals surface area contributed by atoms with Crippen LogP contribution in [0.5, 0.6) is 0 Å². The standard InChI is InChI=1S/C15H19F4NO/c1-14(2,20-7-3-4-8-20)13(21)10-5-6-11(12(16)9-10)15(17,18)19/h5-6,9,13,21H,3-4,7-8H2,1-2H3. The van der Waals surface area contributed by atoms with Gasteiger partial charge in [-0.1, -0.05) is 6.07 Å². The van der Waals surface area contributed by atoms with Gasteiger partial charge in [0, 0.05) is 5.54 Å². The van der Waals surface area contributed by atoms with Crippen molar-refractivity contribution in [1.29, 1.82) is 0 Å². The van der Waals surface area contributed by atoms with Crippen LogP contribution < -0.4 is 0 Å². The lowest BCUT2D eigenvalue weighted by atomic mass is 9.89. The fraction of sp³-hybridized carbons (Fsp3) is 0.600. The van der Waals surface area contributed by atoms with E-state index >= 15 is 0 Å². The molecule has 1 aliphatic heterocycles. The molecule has 2 rings (SSSR count). The molecular formula is C15H19F4NO. The maximum Gasteiger partial charge on any atom is 0.419 e. The number of halogens is 4. The van der Waals surface area contributed by atoms with E-state index in [1.54, 1.807) is 0 Å². The van der Waals surface area contributed by atoms with Crippen LogP contribution in [-0.4, -0.2) is 28.6 Å². The van der Waals surface area contributed by atoms with Crippen LogP contribution in [0.25, 0.3) is 0 Å².